The van der Waals surface area contributed by atoms with Crippen LogP contribution in [0.15, 0.2) is 0 Å². The number of piperidine rings is 1. The third kappa shape index (κ3) is 3.16. The quantitative estimate of drug-likeness (QED) is 0.650. The Morgan fingerprint density at radius 3 is 2.65 bits per heavy atom. The molecule has 0 spiro atoms. The molecule has 0 bridgehead atoms. The molecule has 2 aliphatic heterocycles. The molecule has 0 radical (unpaired) electrons. The molecule has 3 amide bonds. The smallest absolute Gasteiger partial charge is 0.252 e. The van der Waals surface area contributed by atoms with Gasteiger partial charge in [0.15, 0.2) is 0 Å². The highest BCUT2D eigenvalue weighted by atomic mass is 16.5. The molecule has 0 aromatic carbocycles. The first-order valence-corrected chi connectivity index (χ1v) is 6.88. The van der Waals surface area contributed by atoms with Gasteiger partial charge in [-0.05, 0) is 39.8 Å². The summed E-state index contributed by atoms with van der Waals surface area (Å²) in [6.07, 6.45) is 1.81. The Hall–Kier alpha value is -1.47. The van der Waals surface area contributed by atoms with Gasteiger partial charge in [-0.3, -0.25) is 19.7 Å². The molecule has 2 fully saturated rings. The molecule has 2 aliphatic rings. The molecular weight excluding hydrogens is 262 g/mol. The molecule has 0 unspecified atom stereocenters. The van der Waals surface area contributed by atoms with Gasteiger partial charge in [0.1, 0.15) is 18.7 Å². The Kier molecular flexibility index (Phi) is 4.39. The molecule has 2 N–H and O–H groups in total. The lowest BCUT2D eigenvalue weighted by atomic mass is 9.98. The summed E-state index contributed by atoms with van der Waals surface area (Å²) in [7, 11) is 0. The van der Waals surface area contributed by atoms with Crippen molar-refractivity contribution < 1.29 is 19.1 Å². The van der Waals surface area contributed by atoms with Gasteiger partial charge in [-0.25, -0.2) is 0 Å². The largest absolute Gasteiger partial charge is 0.368 e. The fraction of sp³-hybridized carbons (Fsp3) is 0.769. The number of piperazine rings is 1. The summed E-state index contributed by atoms with van der Waals surface area (Å²) >= 11 is 0. The molecule has 2 heterocycles. The van der Waals surface area contributed by atoms with Crippen molar-refractivity contribution in [2.24, 2.45) is 0 Å². The fourth-order valence-electron chi connectivity index (χ4n) is 2.41. The molecule has 2 saturated heterocycles. The molecule has 0 aromatic heterocycles. The monoisotopic (exact) mass is 283 g/mol. The maximum atomic E-state index is 12.2. The van der Waals surface area contributed by atoms with Gasteiger partial charge in [0, 0.05) is 0 Å². The molecule has 0 atom stereocenters. The van der Waals surface area contributed by atoms with Gasteiger partial charge >= 0.3 is 0 Å². The number of amides is 3. The Labute approximate surface area is 118 Å². The van der Waals surface area contributed by atoms with E-state index in [-0.39, 0.29) is 25.2 Å². The van der Waals surface area contributed by atoms with E-state index in [0.717, 1.165) is 25.9 Å². The number of hydrogen-bond acceptors (Lipinski definition) is 5. The number of carbonyl (C=O) groups excluding carboxylic acids is 3. The van der Waals surface area contributed by atoms with E-state index in [1.807, 2.05) is 0 Å². The van der Waals surface area contributed by atoms with Gasteiger partial charge in [-0.15, -0.1) is 0 Å². The second-order valence-electron chi connectivity index (χ2n) is 5.68. The zero-order chi connectivity index (χ0) is 14.8. The van der Waals surface area contributed by atoms with Crippen molar-refractivity contribution in [3.05, 3.63) is 0 Å². The Balaban J connectivity index is 1.92. The van der Waals surface area contributed by atoms with Crippen molar-refractivity contribution in [3.8, 4) is 0 Å². The van der Waals surface area contributed by atoms with Crippen LogP contribution in [0.3, 0.4) is 0 Å². The van der Waals surface area contributed by atoms with E-state index in [1.54, 1.807) is 13.8 Å². The zero-order valence-electron chi connectivity index (χ0n) is 11.9. The third-order valence-corrected chi connectivity index (χ3v) is 3.81. The Bertz CT molecular complexity index is 416. The highest BCUT2D eigenvalue weighted by molar-refractivity contribution is 6.06. The van der Waals surface area contributed by atoms with Crippen molar-refractivity contribution >= 4 is 17.7 Å². The highest BCUT2D eigenvalue weighted by Crippen LogP contribution is 2.18. The van der Waals surface area contributed by atoms with Crippen LogP contribution in [0.25, 0.3) is 0 Å². The molecule has 0 saturated carbocycles. The van der Waals surface area contributed by atoms with Crippen LogP contribution in [0.2, 0.25) is 0 Å². The van der Waals surface area contributed by atoms with Gasteiger partial charge in [-0.2, -0.15) is 0 Å². The van der Waals surface area contributed by atoms with E-state index >= 15 is 0 Å². The van der Waals surface area contributed by atoms with E-state index < -0.39 is 17.4 Å². The topological polar surface area (TPSA) is 87.7 Å². The van der Waals surface area contributed by atoms with Crippen molar-refractivity contribution in [3.63, 3.8) is 0 Å². The molecule has 2 rings (SSSR count). The maximum absolute atomic E-state index is 12.2. The van der Waals surface area contributed by atoms with Gasteiger partial charge < -0.3 is 15.0 Å². The molecule has 0 aromatic rings. The van der Waals surface area contributed by atoms with Gasteiger partial charge in [0.2, 0.25) is 11.8 Å². The normalized spacial score (nSPS) is 23.6. The minimum atomic E-state index is -1.03. The van der Waals surface area contributed by atoms with Crippen LogP contribution in [-0.4, -0.2) is 60.5 Å². The minimum absolute atomic E-state index is 0.0673. The number of imide groups is 1. The number of carbonyl (C=O) groups is 3. The summed E-state index contributed by atoms with van der Waals surface area (Å²) in [4.78, 5) is 36.7. The molecule has 112 valence electrons. The van der Waals surface area contributed by atoms with E-state index in [2.05, 4.69) is 10.6 Å². The van der Waals surface area contributed by atoms with E-state index in [0.29, 0.717) is 0 Å². The van der Waals surface area contributed by atoms with E-state index in [1.165, 1.54) is 4.90 Å². The van der Waals surface area contributed by atoms with Crippen LogP contribution in [0, 0.1) is 0 Å². The van der Waals surface area contributed by atoms with E-state index in [9.17, 15) is 14.4 Å². The Morgan fingerprint density at radius 2 is 2.00 bits per heavy atom. The summed E-state index contributed by atoms with van der Waals surface area (Å²) in [5, 5.41) is 5.46. The van der Waals surface area contributed by atoms with Crippen LogP contribution in [0.4, 0.5) is 0 Å². The lowest BCUT2D eigenvalue weighted by Gasteiger charge is -2.40. The lowest BCUT2D eigenvalue weighted by Crippen LogP contribution is -2.66. The van der Waals surface area contributed by atoms with Crippen LogP contribution < -0.4 is 10.6 Å². The molecule has 0 aliphatic carbocycles. The van der Waals surface area contributed by atoms with Gasteiger partial charge in [0.05, 0.1) is 6.10 Å². The summed E-state index contributed by atoms with van der Waals surface area (Å²) in [6, 6.07) is 0. The number of hydrogen-bond donors (Lipinski definition) is 2. The number of nitrogens with one attached hydrogen (secondary N) is 2. The lowest BCUT2D eigenvalue weighted by molar-refractivity contribution is -0.159. The van der Waals surface area contributed by atoms with Crippen molar-refractivity contribution in [1.82, 2.24) is 15.5 Å². The van der Waals surface area contributed by atoms with Gasteiger partial charge in [-0.1, -0.05) is 0 Å². The van der Waals surface area contributed by atoms with Gasteiger partial charge in [0.25, 0.3) is 5.91 Å². The third-order valence-electron chi connectivity index (χ3n) is 3.81. The summed E-state index contributed by atoms with van der Waals surface area (Å²) in [5.74, 6) is -1.23. The molecule has 7 nitrogen and oxygen atoms in total. The Morgan fingerprint density at radius 1 is 1.35 bits per heavy atom. The molecule has 20 heavy (non-hydrogen) atoms. The summed E-state index contributed by atoms with van der Waals surface area (Å²) in [6.45, 7) is 4.82. The van der Waals surface area contributed by atoms with Crippen LogP contribution in [-0.2, 0) is 19.1 Å². The first kappa shape index (κ1) is 14.9. The van der Waals surface area contributed by atoms with Crippen LogP contribution >= 0.6 is 0 Å². The second-order valence-corrected chi connectivity index (χ2v) is 5.68. The first-order chi connectivity index (χ1) is 9.41. The number of ether oxygens (including phenoxy) is 1. The van der Waals surface area contributed by atoms with Crippen LogP contribution in [0.5, 0.6) is 0 Å². The van der Waals surface area contributed by atoms with Crippen molar-refractivity contribution in [1.29, 1.82) is 0 Å². The predicted molar refractivity (Wildman–Crippen MR) is 70.8 cm³/mol. The van der Waals surface area contributed by atoms with Crippen molar-refractivity contribution in [2.75, 3.05) is 26.2 Å². The highest BCUT2D eigenvalue weighted by Gasteiger charge is 2.43. The maximum Gasteiger partial charge on any atom is 0.252 e. The minimum Gasteiger partial charge on any atom is -0.368 e. The summed E-state index contributed by atoms with van der Waals surface area (Å²) < 4.78 is 5.59. The van der Waals surface area contributed by atoms with Crippen LogP contribution in [0.1, 0.15) is 26.7 Å². The second kappa shape index (κ2) is 5.88. The summed E-state index contributed by atoms with van der Waals surface area (Å²) in [5.41, 5.74) is -1.03. The average molecular weight is 283 g/mol. The SMILES string of the molecule is CC1(C)C(=O)NC(=O)CN1C(=O)COC1CCNCC1. The zero-order valence-corrected chi connectivity index (χ0v) is 11.9. The fourth-order valence-corrected chi connectivity index (χ4v) is 2.41. The standard InChI is InChI=1S/C13H21N3O4/c1-13(2)12(19)15-10(17)7-16(13)11(18)8-20-9-3-5-14-6-4-9/h9,14H,3-8H2,1-2H3,(H,15,17,19). The number of nitrogens with zero attached hydrogens (tertiary/aromatic N) is 1. The van der Waals surface area contributed by atoms with Crippen molar-refractivity contribution in [2.45, 2.75) is 38.3 Å². The predicted octanol–water partition coefficient (Wildman–Crippen LogP) is -0.981. The molecular formula is C13H21N3O4. The van der Waals surface area contributed by atoms with E-state index in [4.69, 9.17) is 4.74 Å². The number of rotatable bonds is 3. The average Bonchev–Trinajstić information content (AvgIpc) is 2.41. The molecule has 7 heteroatoms. The first-order valence-electron chi connectivity index (χ1n) is 6.88.